The molecule has 0 bridgehead atoms. The number of carbonyl (C=O) groups is 1. The third kappa shape index (κ3) is 5.30. The molecule has 44 heavy (non-hydrogen) atoms. The Morgan fingerprint density at radius 2 is 1.77 bits per heavy atom. The summed E-state index contributed by atoms with van der Waals surface area (Å²) in [5.74, 6) is -0.128. The van der Waals surface area contributed by atoms with Gasteiger partial charge in [0, 0.05) is 47.3 Å². The Hall–Kier alpha value is -4.71. The second-order valence-electron chi connectivity index (χ2n) is 10.6. The summed E-state index contributed by atoms with van der Waals surface area (Å²) in [5, 5.41) is 10.8. The molecule has 0 spiro atoms. The van der Waals surface area contributed by atoms with E-state index in [1.807, 2.05) is 75.4 Å². The number of allylic oxidation sites excluding steroid dienone is 1. The Kier molecular flexibility index (Phi) is 8.09. The zero-order valence-corrected chi connectivity index (χ0v) is 26.2. The quantitative estimate of drug-likeness (QED) is 0.237. The van der Waals surface area contributed by atoms with Crippen LogP contribution >= 0.6 is 22.9 Å². The van der Waals surface area contributed by atoms with Crippen molar-refractivity contribution in [1.82, 2.24) is 14.0 Å². The molecule has 0 radical (unpaired) electrons. The van der Waals surface area contributed by atoms with E-state index in [9.17, 15) is 9.59 Å². The molecule has 0 unspecified atom stereocenters. The van der Waals surface area contributed by atoms with E-state index in [2.05, 4.69) is 29.0 Å². The fourth-order valence-electron chi connectivity index (χ4n) is 5.78. The van der Waals surface area contributed by atoms with Crippen LogP contribution in [0.4, 0.5) is 0 Å². The van der Waals surface area contributed by atoms with E-state index in [0.29, 0.717) is 50.8 Å². The zero-order chi connectivity index (χ0) is 31.0. The van der Waals surface area contributed by atoms with Gasteiger partial charge in [-0.25, -0.2) is 4.99 Å². The van der Waals surface area contributed by atoms with Crippen molar-refractivity contribution in [2.75, 3.05) is 13.1 Å². The lowest BCUT2D eigenvalue weighted by molar-refractivity contribution is -0.127. The molecule has 0 aliphatic carbocycles. The number of hydrogen-bond acceptors (Lipinski definition) is 5. The maximum Gasteiger partial charge on any atom is 0.271 e. The molecular weight excluding hydrogens is 590 g/mol. The molecule has 1 aliphatic rings. The van der Waals surface area contributed by atoms with Gasteiger partial charge in [-0.2, -0.15) is 5.26 Å². The number of carbonyl (C=O) groups excluding carboxylic acids is 1. The molecule has 0 saturated heterocycles. The van der Waals surface area contributed by atoms with Gasteiger partial charge in [0.15, 0.2) is 4.80 Å². The van der Waals surface area contributed by atoms with Crippen LogP contribution in [0, 0.1) is 11.3 Å². The maximum atomic E-state index is 14.2. The Bertz CT molecular complexity index is 2140. The lowest BCUT2D eigenvalue weighted by Crippen LogP contribution is -2.43. The molecule has 1 aliphatic heterocycles. The van der Waals surface area contributed by atoms with E-state index >= 15 is 0 Å². The van der Waals surface area contributed by atoms with Crippen LogP contribution in [-0.2, 0) is 11.3 Å². The normalized spacial score (nSPS) is 14.8. The van der Waals surface area contributed by atoms with Crippen LogP contribution < -0.4 is 14.9 Å². The Morgan fingerprint density at radius 3 is 2.45 bits per heavy atom. The van der Waals surface area contributed by atoms with E-state index in [-0.39, 0.29) is 11.5 Å². The van der Waals surface area contributed by atoms with Crippen LogP contribution in [0.15, 0.2) is 100 Å². The van der Waals surface area contributed by atoms with Gasteiger partial charge in [0.25, 0.3) is 11.5 Å². The van der Waals surface area contributed by atoms with Gasteiger partial charge in [-0.3, -0.25) is 14.2 Å². The molecular formula is C35H30ClN5O2S. The number of nitriles is 1. The van der Waals surface area contributed by atoms with Gasteiger partial charge in [0.1, 0.15) is 0 Å². The van der Waals surface area contributed by atoms with Gasteiger partial charge in [0.05, 0.1) is 33.5 Å². The maximum absolute atomic E-state index is 14.2. The van der Waals surface area contributed by atoms with Crippen molar-refractivity contribution in [2.24, 2.45) is 4.99 Å². The smallest absolute Gasteiger partial charge is 0.271 e. The summed E-state index contributed by atoms with van der Waals surface area (Å²) in [6.45, 7) is 7.46. The summed E-state index contributed by atoms with van der Waals surface area (Å²) in [6, 6.07) is 24.5. The van der Waals surface area contributed by atoms with Gasteiger partial charge in [-0.05, 0) is 68.3 Å². The van der Waals surface area contributed by atoms with Crippen molar-refractivity contribution >= 4 is 45.8 Å². The molecule has 0 fully saturated rings. The number of hydrogen-bond donors (Lipinski definition) is 0. The third-order valence-corrected chi connectivity index (χ3v) is 9.27. The fourth-order valence-corrected chi connectivity index (χ4v) is 6.94. The lowest BCUT2D eigenvalue weighted by atomic mass is 9.94. The number of rotatable bonds is 7. The van der Waals surface area contributed by atoms with Crippen molar-refractivity contribution in [3.63, 3.8) is 0 Å². The summed E-state index contributed by atoms with van der Waals surface area (Å²) in [4.78, 5) is 35.1. The van der Waals surface area contributed by atoms with Crippen LogP contribution in [0.1, 0.15) is 49.1 Å². The Labute approximate surface area is 263 Å². The number of benzene rings is 3. The first-order valence-electron chi connectivity index (χ1n) is 14.5. The molecule has 3 heterocycles. The molecule has 7 nitrogen and oxygen atoms in total. The molecule has 0 saturated carbocycles. The number of para-hydroxylation sites is 1. The minimum Gasteiger partial charge on any atom is -0.342 e. The van der Waals surface area contributed by atoms with Gasteiger partial charge in [-0.15, -0.1) is 0 Å². The Balaban J connectivity index is 1.50. The third-order valence-electron chi connectivity index (χ3n) is 8.03. The van der Waals surface area contributed by atoms with Gasteiger partial charge < -0.3 is 9.47 Å². The molecule has 0 N–H and O–H groups in total. The van der Waals surface area contributed by atoms with Crippen LogP contribution in [0.5, 0.6) is 0 Å². The second kappa shape index (κ2) is 12.1. The molecule has 1 amide bonds. The summed E-state index contributed by atoms with van der Waals surface area (Å²) in [6.07, 6.45) is 3.98. The minimum absolute atomic E-state index is 0.128. The van der Waals surface area contributed by atoms with Crippen LogP contribution in [0.25, 0.3) is 17.0 Å². The summed E-state index contributed by atoms with van der Waals surface area (Å²) < 4.78 is 4.34. The van der Waals surface area contributed by atoms with E-state index in [1.54, 1.807) is 21.6 Å². The number of nitrogens with zero attached hydrogens (tertiary/aromatic N) is 5. The van der Waals surface area contributed by atoms with Crippen molar-refractivity contribution in [3.05, 3.63) is 137 Å². The average molecular weight is 620 g/mol. The largest absolute Gasteiger partial charge is 0.342 e. The highest BCUT2D eigenvalue weighted by Crippen LogP contribution is 2.32. The first kappa shape index (κ1) is 29.4. The van der Waals surface area contributed by atoms with Crippen LogP contribution in [0.2, 0.25) is 5.02 Å². The number of likely N-dealkylation sites (N-methyl/N-ethyl adjacent to an activating group) is 1. The second-order valence-corrected chi connectivity index (χ2v) is 12.1. The van der Waals surface area contributed by atoms with Gasteiger partial charge >= 0.3 is 0 Å². The fraction of sp³-hybridized carbons (Fsp3) is 0.200. The first-order chi connectivity index (χ1) is 21.3. The number of aromatic nitrogens is 2. The van der Waals surface area contributed by atoms with E-state index in [1.165, 1.54) is 11.3 Å². The summed E-state index contributed by atoms with van der Waals surface area (Å²) >= 11 is 7.55. The molecule has 2 aromatic heterocycles. The molecule has 9 heteroatoms. The van der Waals surface area contributed by atoms with Crippen LogP contribution in [-0.4, -0.2) is 33.0 Å². The monoisotopic (exact) mass is 619 g/mol. The average Bonchev–Trinajstić information content (AvgIpc) is 3.53. The lowest BCUT2D eigenvalue weighted by Gasteiger charge is -2.29. The predicted molar refractivity (Wildman–Crippen MR) is 175 cm³/mol. The zero-order valence-electron chi connectivity index (χ0n) is 24.6. The first-order valence-corrected chi connectivity index (χ1v) is 15.7. The highest BCUT2D eigenvalue weighted by molar-refractivity contribution is 7.07. The van der Waals surface area contributed by atoms with E-state index in [0.717, 1.165) is 27.6 Å². The number of thiazole rings is 1. The molecule has 1 atom stereocenters. The SMILES string of the molecule is CCN(CC)C(=O)C1=C(C)N=c2s/c(=C/c3cn(Cc4ccc(C#N)cc4)c4ccccc34)c(=O)n2[C@@H]1c1ccc(Cl)cc1. The summed E-state index contributed by atoms with van der Waals surface area (Å²) in [5.41, 5.74) is 5.34. The summed E-state index contributed by atoms with van der Waals surface area (Å²) in [7, 11) is 0. The van der Waals surface area contributed by atoms with Crippen molar-refractivity contribution in [1.29, 1.82) is 5.26 Å². The van der Waals surface area contributed by atoms with E-state index < -0.39 is 6.04 Å². The molecule has 5 aromatic rings. The van der Waals surface area contributed by atoms with Crippen molar-refractivity contribution in [3.8, 4) is 6.07 Å². The number of halogens is 1. The van der Waals surface area contributed by atoms with Crippen molar-refractivity contribution < 1.29 is 4.79 Å². The van der Waals surface area contributed by atoms with E-state index in [4.69, 9.17) is 21.9 Å². The minimum atomic E-state index is -0.628. The molecule has 6 rings (SSSR count). The highest BCUT2D eigenvalue weighted by atomic mass is 35.5. The van der Waals surface area contributed by atoms with Gasteiger partial charge in [-0.1, -0.05) is 65.4 Å². The highest BCUT2D eigenvalue weighted by Gasteiger charge is 2.34. The molecule has 3 aromatic carbocycles. The van der Waals surface area contributed by atoms with Crippen LogP contribution in [0.3, 0.4) is 0 Å². The molecule has 220 valence electrons. The Morgan fingerprint density at radius 1 is 1.07 bits per heavy atom. The topological polar surface area (TPSA) is 83.4 Å². The predicted octanol–water partition coefficient (Wildman–Crippen LogP) is 5.63. The number of fused-ring (bicyclic) bond motifs is 2. The number of amides is 1. The standard InChI is InChI=1S/C35H30ClN5O2S/c1-4-39(5-2)34(43)31-22(3)38-35-41(32(31)25-14-16-27(36)17-15-25)33(42)30(44-35)18-26-21-40(29-9-7-6-8-28(26)29)20-24-12-10-23(19-37)11-13-24/h6-18,21,32H,4-5,20H2,1-3H3/b30-18+/t32-/m1/s1. The van der Waals surface area contributed by atoms with Gasteiger partial charge in [0.2, 0.25) is 0 Å². The van der Waals surface area contributed by atoms with Crippen molar-refractivity contribution in [2.45, 2.75) is 33.4 Å².